The van der Waals surface area contributed by atoms with Crippen LogP contribution in [0.15, 0.2) is 47.4 Å². The van der Waals surface area contributed by atoms with Gasteiger partial charge in [-0.2, -0.15) is 0 Å². The third-order valence-corrected chi connectivity index (χ3v) is 7.04. The highest BCUT2D eigenvalue weighted by Crippen LogP contribution is 2.38. The molecule has 3 atom stereocenters. The van der Waals surface area contributed by atoms with Gasteiger partial charge in [-0.1, -0.05) is 23.7 Å². The van der Waals surface area contributed by atoms with E-state index in [4.69, 9.17) is 16.3 Å². The zero-order valence-electron chi connectivity index (χ0n) is 18.5. The average molecular weight is 488 g/mol. The molecule has 2 N–H and O–H groups in total. The summed E-state index contributed by atoms with van der Waals surface area (Å²) in [5, 5.41) is 5.72. The normalized spacial score (nSPS) is 22.3. The van der Waals surface area contributed by atoms with Crippen LogP contribution >= 0.6 is 23.4 Å². The van der Waals surface area contributed by atoms with Crippen molar-refractivity contribution in [2.75, 3.05) is 18.4 Å². The number of nitrogens with zero attached hydrogens (tertiary/aromatic N) is 1. The Morgan fingerprint density at radius 2 is 1.85 bits per heavy atom. The summed E-state index contributed by atoms with van der Waals surface area (Å²) < 4.78 is 5.69. The lowest BCUT2D eigenvalue weighted by atomic mass is 10.1. The van der Waals surface area contributed by atoms with E-state index in [1.54, 1.807) is 24.3 Å². The largest absolute Gasteiger partial charge is 0.372 e. The Kier molecular flexibility index (Phi) is 7.26. The second kappa shape index (κ2) is 10.2. The average Bonchev–Trinajstić information content (AvgIpc) is 2.77. The molecule has 0 aliphatic carbocycles. The molecule has 9 heteroatoms. The highest BCUT2D eigenvalue weighted by molar-refractivity contribution is 8.01. The highest BCUT2D eigenvalue weighted by atomic mass is 35.5. The quantitative estimate of drug-likeness (QED) is 0.671. The maximum atomic E-state index is 12.8. The number of rotatable bonds is 5. The van der Waals surface area contributed by atoms with Gasteiger partial charge in [-0.25, -0.2) is 0 Å². The lowest BCUT2D eigenvalue weighted by Crippen LogP contribution is -2.48. The number of hydrogen-bond acceptors (Lipinski definition) is 5. The van der Waals surface area contributed by atoms with E-state index in [0.29, 0.717) is 35.9 Å². The third kappa shape index (κ3) is 5.88. The Labute approximate surface area is 202 Å². The van der Waals surface area contributed by atoms with E-state index in [9.17, 15) is 14.4 Å². The number of carbonyl (C=O) groups excluding carboxylic acids is 3. The molecule has 7 nitrogen and oxygen atoms in total. The van der Waals surface area contributed by atoms with Crippen LogP contribution < -0.4 is 10.6 Å². The number of hydrogen-bond donors (Lipinski definition) is 2. The minimum absolute atomic E-state index is 0.0166. The lowest BCUT2D eigenvalue weighted by Gasteiger charge is -2.35. The second-order valence-corrected chi connectivity index (χ2v) is 10.1. The minimum atomic E-state index is -0.503. The molecular weight excluding hydrogens is 462 g/mol. The van der Waals surface area contributed by atoms with Crippen molar-refractivity contribution >= 4 is 46.8 Å². The van der Waals surface area contributed by atoms with E-state index in [0.717, 1.165) is 10.5 Å². The van der Waals surface area contributed by atoms with Crippen molar-refractivity contribution in [3.05, 3.63) is 58.6 Å². The van der Waals surface area contributed by atoms with Crippen molar-refractivity contribution in [3.8, 4) is 0 Å². The van der Waals surface area contributed by atoms with Gasteiger partial charge in [0.25, 0.3) is 5.91 Å². The summed E-state index contributed by atoms with van der Waals surface area (Å²) in [6.45, 7) is 5.40. The van der Waals surface area contributed by atoms with Gasteiger partial charge < -0.3 is 20.3 Å². The number of anilines is 1. The van der Waals surface area contributed by atoms with Crippen molar-refractivity contribution < 1.29 is 19.1 Å². The molecule has 2 aromatic rings. The van der Waals surface area contributed by atoms with Crippen molar-refractivity contribution in [1.82, 2.24) is 10.2 Å². The van der Waals surface area contributed by atoms with Crippen LogP contribution in [0.5, 0.6) is 0 Å². The van der Waals surface area contributed by atoms with Gasteiger partial charge in [-0.3, -0.25) is 14.4 Å². The summed E-state index contributed by atoms with van der Waals surface area (Å²) in [7, 11) is 0. The van der Waals surface area contributed by atoms with Crippen LogP contribution in [0.25, 0.3) is 0 Å². The molecule has 2 aliphatic rings. The van der Waals surface area contributed by atoms with E-state index in [1.807, 2.05) is 36.9 Å². The molecular formula is C24H26ClN3O4S. The molecule has 3 unspecified atom stereocenters. The molecule has 0 radical (unpaired) electrons. The standard InChI is InChI=1S/C24H26ClN3O4S/c1-14-12-28(13-15(2)32-14)24(31)17-5-3-16(4-6-17)11-26-22(29)10-21-23(30)27-19-9-18(25)7-8-20(19)33-21/h3-9,14-15,21H,10-13H2,1-2H3,(H,26,29)(H,27,30). The number of ether oxygens (including phenoxy) is 1. The molecule has 4 rings (SSSR count). The third-order valence-electron chi connectivity index (χ3n) is 5.53. The summed E-state index contributed by atoms with van der Waals surface area (Å²) in [6, 6.07) is 12.5. The number of morpholine rings is 1. The lowest BCUT2D eigenvalue weighted by molar-refractivity contribution is -0.124. The molecule has 2 aromatic carbocycles. The van der Waals surface area contributed by atoms with Crippen molar-refractivity contribution in [2.24, 2.45) is 0 Å². The van der Waals surface area contributed by atoms with Crippen LogP contribution in [-0.2, 0) is 20.9 Å². The Bertz CT molecular complexity index is 1050. The summed E-state index contributed by atoms with van der Waals surface area (Å²) in [5.74, 6) is -0.439. The maximum absolute atomic E-state index is 12.8. The Hall–Kier alpha value is -2.55. The monoisotopic (exact) mass is 487 g/mol. The summed E-state index contributed by atoms with van der Waals surface area (Å²) in [6.07, 6.45) is 0.105. The van der Waals surface area contributed by atoms with E-state index in [1.165, 1.54) is 11.8 Å². The number of halogens is 1. The van der Waals surface area contributed by atoms with Gasteiger partial charge in [-0.05, 0) is 49.7 Å². The molecule has 2 heterocycles. The van der Waals surface area contributed by atoms with Gasteiger partial charge in [0.2, 0.25) is 11.8 Å². The first kappa shape index (κ1) is 23.6. The molecule has 0 aromatic heterocycles. The zero-order chi connectivity index (χ0) is 23.5. The van der Waals surface area contributed by atoms with Gasteiger partial charge >= 0.3 is 0 Å². The smallest absolute Gasteiger partial charge is 0.254 e. The van der Waals surface area contributed by atoms with Gasteiger partial charge in [-0.15, -0.1) is 11.8 Å². The Morgan fingerprint density at radius 1 is 1.15 bits per heavy atom. The van der Waals surface area contributed by atoms with Crippen LogP contribution in [0.2, 0.25) is 5.02 Å². The van der Waals surface area contributed by atoms with E-state index >= 15 is 0 Å². The van der Waals surface area contributed by atoms with Crippen LogP contribution in [0.1, 0.15) is 36.2 Å². The van der Waals surface area contributed by atoms with Crippen molar-refractivity contribution in [2.45, 2.75) is 49.2 Å². The number of thioether (sulfide) groups is 1. The first-order valence-electron chi connectivity index (χ1n) is 10.9. The Morgan fingerprint density at radius 3 is 2.55 bits per heavy atom. The molecule has 2 aliphatic heterocycles. The van der Waals surface area contributed by atoms with Crippen LogP contribution in [0, 0.1) is 0 Å². The molecule has 1 fully saturated rings. The van der Waals surface area contributed by atoms with Crippen molar-refractivity contribution in [1.29, 1.82) is 0 Å². The van der Waals surface area contributed by atoms with Crippen LogP contribution in [0.4, 0.5) is 5.69 Å². The predicted molar refractivity (Wildman–Crippen MR) is 129 cm³/mol. The Balaban J connectivity index is 1.28. The molecule has 174 valence electrons. The number of carbonyl (C=O) groups is 3. The predicted octanol–water partition coefficient (Wildman–Crippen LogP) is 3.71. The molecule has 0 spiro atoms. The number of nitrogens with one attached hydrogen (secondary N) is 2. The summed E-state index contributed by atoms with van der Waals surface area (Å²) >= 11 is 7.33. The zero-order valence-corrected chi connectivity index (χ0v) is 20.0. The molecule has 1 saturated heterocycles. The van der Waals surface area contributed by atoms with Gasteiger partial charge in [0.1, 0.15) is 0 Å². The van der Waals surface area contributed by atoms with Crippen molar-refractivity contribution in [3.63, 3.8) is 0 Å². The fraction of sp³-hybridized carbons (Fsp3) is 0.375. The fourth-order valence-electron chi connectivity index (χ4n) is 3.99. The fourth-order valence-corrected chi connectivity index (χ4v) is 5.25. The van der Waals surface area contributed by atoms with Gasteiger partial charge in [0.05, 0.1) is 23.1 Å². The molecule has 0 saturated carbocycles. The number of benzene rings is 2. The first-order valence-corrected chi connectivity index (χ1v) is 12.1. The molecule has 3 amide bonds. The number of fused-ring (bicyclic) bond motifs is 1. The summed E-state index contributed by atoms with van der Waals surface area (Å²) in [4.78, 5) is 40.3. The topological polar surface area (TPSA) is 87.7 Å². The minimum Gasteiger partial charge on any atom is -0.372 e. The maximum Gasteiger partial charge on any atom is 0.254 e. The van der Waals surface area contributed by atoms with E-state index < -0.39 is 5.25 Å². The molecule has 33 heavy (non-hydrogen) atoms. The van der Waals surface area contributed by atoms with Crippen LogP contribution in [-0.4, -0.2) is 53.2 Å². The van der Waals surface area contributed by atoms with E-state index in [-0.39, 0.29) is 36.4 Å². The second-order valence-electron chi connectivity index (χ2n) is 8.38. The van der Waals surface area contributed by atoms with Crippen LogP contribution in [0.3, 0.4) is 0 Å². The SMILES string of the molecule is CC1CN(C(=O)c2ccc(CNC(=O)CC3Sc4ccc(Cl)cc4NC3=O)cc2)CC(C)O1. The summed E-state index contributed by atoms with van der Waals surface area (Å²) in [5.41, 5.74) is 2.16. The molecule has 0 bridgehead atoms. The van der Waals surface area contributed by atoms with Gasteiger partial charge in [0.15, 0.2) is 0 Å². The number of amides is 3. The first-order chi connectivity index (χ1) is 15.8. The highest BCUT2D eigenvalue weighted by Gasteiger charge is 2.29. The van der Waals surface area contributed by atoms with E-state index in [2.05, 4.69) is 10.6 Å². The van der Waals surface area contributed by atoms with Gasteiger partial charge in [0, 0.05) is 41.5 Å².